The van der Waals surface area contributed by atoms with Crippen LogP contribution in [0.3, 0.4) is 0 Å². The second-order valence-electron chi connectivity index (χ2n) is 4.10. The van der Waals surface area contributed by atoms with E-state index in [4.69, 9.17) is 5.11 Å². The monoisotopic (exact) mass is 270 g/mol. The van der Waals surface area contributed by atoms with Crippen molar-refractivity contribution in [2.75, 3.05) is 5.32 Å². The number of halogens is 1. The Balaban J connectivity index is 2.97. The van der Waals surface area contributed by atoms with Gasteiger partial charge in [-0.05, 0) is 12.5 Å². The lowest BCUT2D eigenvalue weighted by atomic mass is 10.1. The second-order valence-corrected chi connectivity index (χ2v) is 4.10. The average Bonchev–Trinajstić information content (AvgIpc) is 2.33. The fourth-order valence-corrected chi connectivity index (χ4v) is 1.64. The van der Waals surface area contributed by atoms with Crippen LogP contribution in [-0.4, -0.2) is 22.0 Å². The SMILES string of the molecule is CCCCC(Nc1cc(F)ccc1[N+](=O)[O-])C(=O)O. The Morgan fingerprint density at radius 3 is 2.79 bits per heavy atom. The van der Waals surface area contributed by atoms with E-state index >= 15 is 0 Å². The molecule has 104 valence electrons. The summed E-state index contributed by atoms with van der Waals surface area (Å²) < 4.78 is 13.1. The molecule has 0 spiro atoms. The molecule has 1 aromatic rings. The summed E-state index contributed by atoms with van der Waals surface area (Å²) in [6.45, 7) is 1.91. The molecule has 0 amide bonds. The number of carboxylic acids is 1. The Kier molecular flexibility index (Phi) is 5.23. The summed E-state index contributed by atoms with van der Waals surface area (Å²) in [5.41, 5.74) is -0.461. The molecule has 0 heterocycles. The maximum absolute atomic E-state index is 13.1. The fraction of sp³-hybridized carbons (Fsp3) is 0.417. The van der Waals surface area contributed by atoms with E-state index in [-0.39, 0.29) is 11.4 Å². The molecule has 0 aliphatic carbocycles. The lowest BCUT2D eigenvalue weighted by Gasteiger charge is -2.15. The van der Waals surface area contributed by atoms with Crippen LogP contribution in [0, 0.1) is 15.9 Å². The number of hydrogen-bond donors (Lipinski definition) is 2. The fourth-order valence-electron chi connectivity index (χ4n) is 1.64. The first-order chi connectivity index (χ1) is 8.95. The predicted octanol–water partition coefficient (Wildman–Crippen LogP) is 2.79. The van der Waals surface area contributed by atoms with Gasteiger partial charge < -0.3 is 10.4 Å². The molecular formula is C12H15FN2O4. The van der Waals surface area contributed by atoms with E-state index in [9.17, 15) is 19.3 Å². The summed E-state index contributed by atoms with van der Waals surface area (Å²) in [4.78, 5) is 21.2. The number of anilines is 1. The molecule has 0 saturated heterocycles. The van der Waals surface area contributed by atoms with Crippen LogP contribution in [0.2, 0.25) is 0 Å². The number of nitrogens with one attached hydrogen (secondary N) is 1. The normalized spacial score (nSPS) is 11.9. The number of carboxylic acid groups (broad SMARTS) is 1. The van der Waals surface area contributed by atoms with Crippen LogP contribution in [0.4, 0.5) is 15.8 Å². The van der Waals surface area contributed by atoms with E-state index in [0.717, 1.165) is 24.6 Å². The number of unbranched alkanes of at least 4 members (excludes halogenated alkanes) is 1. The Morgan fingerprint density at radius 1 is 1.58 bits per heavy atom. The largest absolute Gasteiger partial charge is 0.480 e. The van der Waals surface area contributed by atoms with Gasteiger partial charge >= 0.3 is 5.97 Å². The first-order valence-corrected chi connectivity index (χ1v) is 5.89. The van der Waals surface area contributed by atoms with Crippen molar-refractivity contribution >= 4 is 17.3 Å². The number of rotatable bonds is 7. The number of carbonyl (C=O) groups is 1. The predicted molar refractivity (Wildman–Crippen MR) is 67.6 cm³/mol. The Labute approximate surface area is 109 Å². The molecule has 0 saturated carbocycles. The minimum atomic E-state index is -1.12. The van der Waals surface area contributed by atoms with Crippen molar-refractivity contribution in [3.8, 4) is 0 Å². The molecule has 1 rings (SSSR count). The zero-order valence-electron chi connectivity index (χ0n) is 10.4. The Hall–Kier alpha value is -2.18. The van der Waals surface area contributed by atoms with Crippen molar-refractivity contribution < 1.29 is 19.2 Å². The lowest BCUT2D eigenvalue weighted by molar-refractivity contribution is -0.384. The summed E-state index contributed by atoms with van der Waals surface area (Å²) in [6, 6.07) is 1.93. The van der Waals surface area contributed by atoms with Crippen LogP contribution >= 0.6 is 0 Å². The molecule has 19 heavy (non-hydrogen) atoms. The molecule has 0 aliphatic heterocycles. The van der Waals surface area contributed by atoms with Gasteiger partial charge in [0.1, 0.15) is 17.5 Å². The summed E-state index contributed by atoms with van der Waals surface area (Å²) >= 11 is 0. The summed E-state index contributed by atoms with van der Waals surface area (Å²) in [5.74, 6) is -1.78. The molecule has 0 bridgehead atoms. The van der Waals surface area contributed by atoms with Gasteiger partial charge in [-0.25, -0.2) is 9.18 Å². The first kappa shape index (κ1) is 14.9. The van der Waals surface area contributed by atoms with Gasteiger partial charge in [-0.15, -0.1) is 0 Å². The average molecular weight is 270 g/mol. The molecule has 0 radical (unpaired) electrons. The lowest BCUT2D eigenvalue weighted by Crippen LogP contribution is -2.29. The highest BCUT2D eigenvalue weighted by Gasteiger charge is 2.22. The number of aliphatic carboxylic acids is 1. The van der Waals surface area contributed by atoms with E-state index < -0.39 is 22.8 Å². The van der Waals surface area contributed by atoms with Gasteiger partial charge in [0, 0.05) is 12.1 Å². The van der Waals surface area contributed by atoms with Crippen LogP contribution in [0.25, 0.3) is 0 Å². The molecule has 0 fully saturated rings. The molecular weight excluding hydrogens is 255 g/mol. The smallest absolute Gasteiger partial charge is 0.326 e. The third kappa shape index (κ3) is 4.20. The zero-order chi connectivity index (χ0) is 14.4. The van der Waals surface area contributed by atoms with Crippen LogP contribution in [-0.2, 0) is 4.79 Å². The Morgan fingerprint density at radius 2 is 2.26 bits per heavy atom. The van der Waals surface area contributed by atoms with Gasteiger partial charge in [0.05, 0.1) is 4.92 Å². The van der Waals surface area contributed by atoms with Gasteiger partial charge in [-0.1, -0.05) is 19.8 Å². The molecule has 7 heteroatoms. The standard InChI is InChI=1S/C12H15FN2O4/c1-2-3-4-9(12(16)17)14-10-7-8(13)5-6-11(10)15(18)19/h5-7,9,14H,2-4H2,1H3,(H,16,17). The van der Waals surface area contributed by atoms with Gasteiger partial charge in [0.25, 0.3) is 5.69 Å². The first-order valence-electron chi connectivity index (χ1n) is 5.89. The number of nitrogens with zero attached hydrogens (tertiary/aromatic N) is 1. The quantitative estimate of drug-likeness (QED) is 0.587. The number of benzene rings is 1. The van der Waals surface area contributed by atoms with Gasteiger partial charge in [0.2, 0.25) is 0 Å². The van der Waals surface area contributed by atoms with E-state index in [1.807, 2.05) is 6.92 Å². The van der Waals surface area contributed by atoms with E-state index in [1.165, 1.54) is 0 Å². The minimum Gasteiger partial charge on any atom is -0.480 e. The number of hydrogen-bond acceptors (Lipinski definition) is 4. The molecule has 0 aromatic heterocycles. The van der Waals surface area contributed by atoms with E-state index in [1.54, 1.807) is 0 Å². The van der Waals surface area contributed by atoms with Gasteiger partial charge in [0.15, 0.2) is 0 Å². The third-order valence-electron chi connectivity index (χ3n) is 2.63. The summed E-state index contributed by atoms with van der Waals surface area (Å²) in [7, 11) is 0. The molecule has 1 unspecified atom stereocenters. The van der Waals surface area contributed by atoms with E-state index in [0.29, 0.717) is 12.8 Å². The Bertz CT molecular complexity index is 479. The molecule has 1 atom stereocenters. The highest BCUT2D eigenvalue weighted by molar-refractivity contribution is 5.78. The highest BCUT2D eigenvalue weighted by Crippen LogP contribution is 2.26. The maximum Gasteiger partial charge on any atom is 0.326 e. The molecule has 2 N–H and O–H groups in total. The molecule has 6 nitrogen and oxygen atoms in total. The second kappa shape index (κ2) is 6.67. The maximum atomic E-state index is 13.1. The van der Waals surface area contributed by atoms with Crippen molar-refractivity contribution in [3.05, 3.63) is 34.1 Å². The topological polar surface area (TPSA) is 92.5 Å². The van der Waals surface area contributed by atoms with Crippen LogP contribution in [0.15, 0.2) is 18.2 Å². The minimum absolute atomic E-state index is 0.117. The van der Waals surface area contributed by atoms with Crippen LogP contribution < -0.4 is 5.32 Å². The van der Waals surface area contributed by atoms with Gasteiger partial charge in [-0.2, -0.15) is 0 Å². The molecule has 1 aromatic carbocycles. The van der Waals surface area contributed by atoms with Crippen LogP contribution in [0.5, 0.6) is 0 Å². The van der Waals surface area contributed by atoms with Gasteiger partial charge in [-0.3, -0.25) is 10.1 Å². The van der Waals surface area contributed by atoms with Crippen molar-refractivity contribution in [1.82, 2.24) is 0 Å². The van der Waals surface area contributed by atoms with Crippen molar-refractivity contribution in [2.24, 2.45) is 0 Å². The molecule has 0 aliphatic rings. The van der Waals surface area contributed by atoms with Crippen molar-refractivity contribution in [1.29, 1.82) is 0 Å². The van der Waals surface area contributed by atoms with Crippen LogP contribution in [0.1, 0.15) is 26.2 Å². The number of nitro groups is 1. The zero-order valence-corrected chi connectivity index (χ0v) is 10.4. The third-order valence-corrected chi connectivity index (χ3v) is 2.63. The van der Waals surface area contributed by atoms with Crippen molar-refractivity contribution in [2.45, 2.75) is 32.2 Å². The number of nitro benzene ring substituents is 1. The summed E-state index contributed by atoms with van der Waals surface area (Å²) in [6.07, 6.45) is 1.78. The highest BCUT2D eigenvalue weighted by atomic mass is 19.1. The van der Waals surface area contributed by atoms with Crippen molar-refractivity contribution in [3.63, 3.8) is 0 Å². The van der Waals surface area contributed by atoms with E-state index in [2.05, 4.69) is 5.32 Å². The summed E-state index contributed by atoms with van der Waals surface area (Å²) in [5, 5.41) is 22.4.